The van der Waals surface area contributed by atoms with Crippen molar-refractivity contribution in [3.63, 3.8) is 0 Å². The Morgan fingerprint density at radius 1 is 1.44 bits per heavy atom. The van der Waals surface area contributed by atoms with Gasteiger partial charge < -0.3 is 10.2 Å². The number of nitrogens with two attached hydrogens (primary N) is 1. The van der Waals surface area contributed by atoms with Gasteiger partial charge in [-0.15, -0.1) is 0 Å². The van der Waals surface area contributed by atoms with Crippen molar-refractivity contribution >= 4 is 17.7 Å². The highest BCUT2D eigenvalue weighted by Crippen LogP contribution is 2.18. The molecule has 1 rings (SSSR count). The molecule has 1 aliphatic rings. The molecule has 0 saturated carbocycles. The van der Waals surface area contributed by atoms with Gasteiger partial charge in [0.1, 0.15) is 12.1 Å². The molecule has 0 aromatic heterocycles. The Kier molecular flexibility index (Phi) is 5.08. The summed E-state index contributed by atoms with van der Waals surface area (Å²) in [5.41, 5.74) is 2.06. The van der Waals surface area contributed by atoms with Crippen LogP contribution >= 0.6 is 0 Å². The summed E-state index contributed by atoms with van der Waals surface area (Å²) in [4.78, 5) is 36.3. The third-order valence-corrected chi connectivity index (χ3v) is 3.05. The molecule has 0 spiro atoms. The lowest BCUT2D eigenvalue weighted by molar-refractivity contribution is -0.141. The van der Waals surface area contributed by atoms with Crippen molar-refractivity contribution in [1.82, 2.24) is 15.6 Å². The van der Waals surface area contributed by atoms with Crippen LogP contribution in [0.5, 0.6) is 0 Å². The highest BCUT2D eigenvalue weighted by Gasteiger charge is 2.35. The molecule has 0 aliphatic carbocycles. The first-order valence-corrected chi connectivity index (χ1v) is 6.11. The topological polar surface area (TPSA) is 105 Å². The van der Waals surface area contributed by atoms with Gasteiger partial charge in [-0.3, -0.25) is 19.8 Å². The first kappa shape index (κ1) is 14.4. The minimum absolute atomic E-state index is 0.185. The fraction of sp³-hybridized carbons (Fsp3) is 0.727. The predicted octanol–water partition coefficient (Wildman–Crippen LogP) is -1.12. The van der Waals surface area contributed by atoms with Gasteiger partial charge >= 0.3 is 0 Å². The summed E-state index contributed by atoms with van der Waals surface area (Å²) in [5.74, 6) is 4.29. The van der Waals surface area contributed by atoms with Crippen LogP contribution in [0.15, 0.2) is 0 Å². The standard InChI is InChI=1S/C11H20N4O3/c1-3-9(16)13-7(2)11(18)15-6-4-5-8(15)10(17)14-12/h7-8H,3-6,12H2,1-2H3,(H,13,16)(H,14,17)/t7-,8-/m0/s1. The van der Waals surface area contributed by atoms with Crippen LogP contribution < -0.4 is 16.6 Å². The van der Waals surface area contributed by atoms with E-state index >= 15 is 0 Å². The minimum Gasteiger partial charge on any atom is -0.345 e. The van der Waals surface area contributed by atoms with Gasteiger partial charge in [-0.2, -0.15) is 0 Å². The van der Waals surface area contributed by atoms with Crippen molar-refractivity contribution in [3.8, 4) is 0 Å². The monoisotopic (exact) mass is 256 g/mol. The fourth-order valence-electron chi connectivity index (χ4n) is 2.05. The van der Waals surface area contributed by atoms with Gasteiger partial charge in [-0.05, 0) is 19.8 Å². The third-order valence-electron chi connectivity index (χ3n) is 3.05. The Hall–Kier alpha value is -1.63. The molecule has 1 aliphatic heterocycles. The van der Waals surface area contributed by atoms with E-state index < -0.39 is 12.1 Å². The van der Waals surface area contributed by atoms with Gasteiger partial charge in [0.2, 0.25) is 11.8 Å². The van der Waals surface area contributed by atoms with E-state index in [9.17, 15) is 14.4 Å². The second kappa shape index (κ2) is 6.34. The minimum atomic E-state index is -0.622. The summed E-state index contributed by atoms with van der Waals surface area (Å²) >= 11 is 0. The Labute approximate surface area is 106 Å². The van der Waals surface area contributed by atoms with Crippen LogP contribution in [0.1, 0.15) is 33.1 Å². The van der Waals surface area contributed by atoms with Gasteiger partial charge in [-0.25, -0.2) is 5.84 Å². The van der Waals surface area contributed by atoms with Crippen molar-refractivity contribution in [2.24, 2.45) is 5.84 Å². The summed E-state index contributed by atoms with van der Waals surface area (Å²) in [6.45, 7) is 3.85. The molecule has 102 valence electrons. The summed E-state index contributed by atoms with van der Waals surface area (Å²) in [6.07, 6.45) is 1.69. The van der Waals surface area contributed by atoms with Crippen LogP contribution in [0.4, 0.5) is 0 Å². The van der Waals surface area contributed by atoms with Crippen molar-refractivity contribution in [3.05, 3.63) is 0 Å². The van der Waals surface area contributed by atoms with Gasteiger partial charge in [0.05, 0.1) is 0 Å². The zero-order chi connectivity index (χ0) is 13.7. The highest BCUT2D eigenvalue weighted by molar-refractivity contribution is 5.92. The molecule has 0 radical (unpaired) electrons. The number of hydrogen-bond acceptors (Lipinski definition) is 4. The van der Waals surface area contributed by atoms with Crippen LogP contribution in [0, 0.1) is 0 Å². The van der Waals surface area contributed by atoms with Gasteiger partial charge in [0.25, 0.3) is 5.91 Å². The predicted molar refractivity (Wildman–Crippen MR) is 65.0 cm³/mol. The SMILES string of the molecule is CCC(=O)N[C@@H](C)C(=O)N1CCC[C@H]1C(=O)NN. The van der Waals surface area contributed by atoms with Crippen molar-refractivity contribution < 1.29 is 14.4 Å². The van der Waals surface area contributed by atoms with E-state index in [0.717, 1.165) is 6.42 Å². The quantitative estimate of drug-likeness (QED) is 0.337. The number of carbonyl (C=O) groups excluding carboxylic acids is 3. The van der Waals surface area contributed by atoms with Gasteiger partial charge in [-0.1, -0.05) is 6.92 Å². The number of hydrogen-bond donors (Lipinski definition) is 3. The van der Waals surface area contributed by atoms with Crippen LogP contribution in [-0.4, -0.2) is 41.2 Å². The molecule has 7 nitrogen and oxygen atoms in total. The zero-order valence-electron chi connectivity index (χ0n) is 10.7. The number of nitrogens with one attached hydrogen (secondary N) is 2. The number of likely N-dealkylation sites (tertiary alicyclic amines) is 1. The number of carbonyl (C=O) groups is 3. The Bertz CT molecular complexity index is 345. The largest absolute Gasteiger partial charge is 0.345 e. The lowest BCUT2D eigenvalue weighted by Gasteiger charge is -2.26. The summed E-state index contributed by atoms with van der Waals surface area (Å²) in [5, 5.41) is 2.59. The molecular formula is C11H20N4O3. The van der Waals surface area contributed by atoms with Crippen LogP contribution in [0.2, 0.25) is 0 Å². The van der Waals surface area contributed by atoms with Crippen LogP contribution in [0.3, 0.4) is 0 Å². The van der Waals surface area contributed by atoms with Crippen molar-refractivity contribution in [2.45, 2.75) is 45.2 Å². The maximum Gasteiger partial charge on any atom is 0.256 e. The van der Waals surface area contributed by atoms with Crippen molar-refractivity contribution in [2.75, 3.05) is 6.54 Å². The second-order valence-corrected chi connectivity index (χ2v) is 4.34. The Balaban J connectivity index is 2.65. The number of nitrogens with zero attached hydrogens (tertiary/aromatic N) is 1. The van der Waals surface area contributed by atoms with Crippen LogP contribution in [-0.2, 0) is 14.4 Å². The molecule has 1 saturated heterocycles. The maximum atomic E-state index is 12.1. The number of hydrazine groups is 1. The molecule has 2 atom stereocenters. The van der Waals surface area contributed by atoms with E-state index in [2.05, 4.69) is 10.7 Å². The van der Waals surface area contributed by atoms with E-state index in [1.807, 2.05) is 0 Å². The molecule has 1 fully saturated rings. The summed E-state index contributed by atoms with van der Waals surface area (Å²) < 4.78 is 0. The fourth-order valence-corrected chi connectivity index (χ4v) is 2.05. The molecule has 0 aromatic carbocycles. The van der Waals surface area contributed by atoms with E-state index in [-0.39, 0.29) is 17.7 Å². The van der Waals surface area contributed by atoms with Gasteiger partial charge in [0.15, 0.2) is 0 Å². The van der Waals surface area contributed by atoms with Gasteiger partial charge in [0, 0.05) is 13.0 Å². The summed E-state index contributed by atoms with van der Waals surface area (Å²) in [7, 11) is 0. The Morgan fingerprint density at radius 3 is 2.67 bits per heavy atom. The lowest BCUT2D eigenvalue weighted by atomic mass is 10.2. The lowest BCUT2D eigenvalue weighted by Crippen LogP contribution is -2.53. The molecular weight excluding hydrogens is 236 g/mol. The smallest absolute Gasteiger partial charge is 0.256 e. The number of rotatable bonds is 4. The Morgan fingerprint density at radius 2 is 2.11 bits per heavy atom. The molecule has 3 amide bonds. The average molecular weight is 256 g/mol. The van der Waals surface area contributed by atoms with E-state index in [0.29, 0.717) is 19.4 Å². The first-order valence-electron chi connectivity index (χ1n) is 6.11. The molecule has 1 heterocycles. The van der Waals surface area contributed by atoms with Crippen molar-refractivity contribution in [1.29, 1.82) is 0 Å². The molecule has 4 N–H and O–H groups in total. The first-order chi connectivity index (χ1) is 8.51. The molecule has 7 heteroatoms. The highest BCUT2D eigenvalue weighted by atomic mass is 16.2. The van der Waals surface area contributed by atoms with E-state index in [1.54, 1.807) is 13.8 Å². The average Bonchev–Trinajstić information content (AvgIpc) is 2.85. The molecule has 18 heavy (non-hydrogen) atoms. The third kappa shape index (κ3) is 3.19. The second-order valence-electron chi connectivity index (χ2n) is 4.34. The van der Waals surface area contributed by atoms with E-state index in [1.165, 1.54) is 4.90 Å². The molecule has 0 unspecified atom stereocenters. The zero-order valence-corrected chi connectivity index (χ0v) is 10.7. The molecule has 0 aromatic rings. The van der Waals surface area contributed by atoms with Crippen LogP contribution in [0.25, 0.3) is 0 Å². The molecule has 0 bridgehead atoms. The summed E-state index contributed by atoms with van der Waals surface area (Å²) in [6, 6.07) is -1.15. The normalized spacial score (nSPS) is 20.4. The maximum absolute atomic E-state index is 12.1. The number of amides is 3. The van der Waals surface area contributed by atoms with E-state index in [4.69, 9.17) is 5.84 Å².